The van der Waals surface area contributed by atoms with Crippen LogP contribution in [-0.4, -0.2) is 63.7 Å². The first-order valence-corrected chi connectivity index (χ1v) is 13.2. The molecular weight excluding hydrogens is 469 g/mol. The molecule has 6 rings (SSSR count). The van der Waals surface area contributed by atoms with Gasteiger partial charge < -0.3 is 5.32 Å². The zero-order chi connectivity index (χ0) is 25.5. The Morgan fingerprint density at radius 1 is 1.14 bits per heavy atom. The molecule has 2 fully saturated rings. The summed E-state index contributed by atoms with van der Waals surface area (Å²) >= 11 is 0. The average Bonchev–Trinajstić information content (AvgIpc) is 3.47. The van der Waals surface area contributed by atoms with Gasteiger partial charge in [-0.25, -0.2) is 9.07 Å². The normalized spacial score (nSPS) is 20.2. The number of halogens is 1. The standard InChI is InChI=1S/C28H32FN7O/c1-18(2)34-15-21(16-34)24-13-27(32-28(37)22-14-31-35-11-5-10-30-25(22)17-35)36(33-24)26-9-8-20(12-23(26)29)19-6-3-4-7-19/h5,8-14,18-19,21H,3-4,6-7,15-17H2,1-2H3,(H,32,37). The van der Waals surface area contributed by atoms with Gasteiger partial charge in [0.25, 0.3) is 5.91 Å². The number of carbonyl (C=O) groups excluding carboxylic acids is 1. The molecular formula is C28H32FN7O. The number of aromatic nitrogens is 2. The van der Waals surface area contributed by atoms with Crippen LogP contribution in [0.1, 0.15) is 62.6 Å². The lowest BCUT2D eigenvalue weighted by atomic mass is 9.95. The molecule has 8 nitrogen and oxygen atoms in total. The predicted molar refractivity (Wildman–Crippen MR) is 143 cm³/mol. The second-order valence-electron chi connectivity index (χ2n) is 10.6. The number of benzene rings is 1. The van der Waals surface area contributed by atoms with Gasteiger partial charge in [0, 0.05) is 43.5 Å². The quantitative estimate of drug-likeness (QED) is 0.629. The molecule has 1 aromatic heterocycles. The summed E-state index contributed by atoms with van der Waals surface area (Å²) in [6.07, 6.45) is 11.4. The van der Waals surface area contributed by atoms with E-state index in [0.29, 0.717) is 41.3 Å². The van der Waals surface area contributed by atoms with E-state index < -0.39 is 0 Å². The molecule has 1 N–H and O–H groups in total. The SMILES string of the molecule is CC(C)N1CC(c2cc(NC(=O)C3=C4CN(C=CC=N4)N=C3)n(-c3ccc(C4CCCC4)cc3F)n2)C1. The molecule has 9 heteroatoms. The Hall–Kier alpha value is -3.59. The van der Waals surface area contributed by atoms with Crippen LogP contribution in [0, 0.1) is 5.82 Å². The Kier molecular flexibility index (Phi) is 6.24. The molecule has 0 unspecified atom stereocenters. The van der Waals surface area contributed by atoms with Crippen LogP contribution < -0.4 is 5.32 Å². The molecule has 1 saturated heterocycles. The van der Waals surface area contributed by atoms with Gasteiger partial charge in [-0.3, -0.25) is 19.7 Å². The van der Waals surface area contributed by atoms with E-state index in [1.165, 1.54) is 23.7 Å². The number of fused-ring (bicyclic) bond motifs is 2. The van der Waals surface area contributed by atoms with Gasteiger partial charge in [0.1, 0.15) is 17.3 Å². The molecule has 2 aromatic rings. The van der Waals surface area contributed by atoms with Gasteiger partial charge in [0.15, 0.2) is 0 Å². The van der Waals surface area contributed by atoms with Crippen molar-refractivity contribution in [2.24, 2.45) is 10.1 Å². The summed E-state index contributed by atoms with van der Waals surface area (Å²) in [5.41, 5.74) is 3.24. The van der Waals surface area contributed by atoms with Gasteiger partial charge >= 0.3 is 0 Å². The number of allylic oxidation sites excluding steroid dienone is 1. The highest BCUT2D eigenvalue weighted by Crippen LogP contribution is 2.36. The summed E-state index contributed by atoms with van der Waals surface area (Å²) in [5, 5.41) is 13.8. The molecule has 37 heavy (non-hydrogen) atoms. The van der Waals surface area contributed by atoms with E-state index in [-0.39, 0.29) is 17.6 Å². The summed E-state index contributed by atoms with van der Waals surface area (Å²) in [5.74, 6) is 0.426. The molecule has 0 radical (unpaired) electrons. The van der Waals surface area contributed by atoms with Gasteiger partial charge in [-0.05, 0) is 56.4 Å². The van der Waals surface area contributed by atoms with Crippen LogP contribution in [0.15, 0.2) is 57.9 Å². The van der Waals surface area contributed by atoms with Crippen molar-refractivity contribution in [1.82, 2.24) is 19.7 Å². The highest BCUT2D eigenvalue weighted by atomic mass is 19.1. The third kappa shape index (κ3) is 4.64. The number of nitrogens with one attached hydrogen (secondary N) is 1. The van der Waals surface area contributed by atoms with Gasteiger partial charge in [0.05, 0.1) is 29.7 Å². The van der Waals surface area contributed by atoms with E-state index in [1.54, 1.807) is 35.6 Å². The third-order valence-corrected chi connectivity index (χ3v) is 7.83. The molecule has 0 spiro atoms. The van der Waals surface area contributed by atoms with Crippen LogP contribution in [-0.2, 0) is 4.79 Å². The Balaban J connectivity index is 1.32. The molecule has 3 aliphatic heterocycles. The van der Waals surface area contributed by atoms with E-state index in [4.69, 9.17) is 5.10 Å². The van der Waals surface area contributed by atoms with Crippen molar-refractivity contribution in [3.63, 3.8) is 0 Å². The highest BCUT2D eigenvalue weighted by molar-refractivity contribution is 6.18. The molecule has 1 aliphatic carbocycles. The minimum atomic E-state index is -0.342. The summed E-state index contributed by atoms with van der Waals surface area (Å²) in [7, 11) is 0. The third-order valence-electron chi connectivity index (χ3n) is 7.83. The maximum absolute atomic E-state index is 15.5. The zero-order valence-electron chi connectivity index (χ0n) is 21.3. The fourth-order valence-electron chi connectivity index (χ4n) is 5.53. The van der Waals surface area contributed by atoms with E-state index >= 15 is 4.39 Å². The van der Waals surface area contributed by atoms with Crippen molar-refractivity contribution in [3.05, 3.63) is 64.9 Å². The molecule has 2 bridgehead atoms. The van der Waals surface area contributed by atoms with Crippen molar-refractivity contribution in [2.75, 3.05) is 25.0 Å². The number of hydrazone groups is 1. The van der Waals surface area contributed by atoms with Crippen molar-refractivity contribution < 1.29 is 9.18 Å². The fourth-order valence-corrected chi connectivity index (χ4v) is 5.53. The van der Waals surface area contributed by atoms with Crippen molar-refractivity contribution in [3.8, 4) is 5.69 Å². The van der Waals surface area contributed by atoms with Gasteiger partial charge in [0.2, 0.25) is 0 Å². The monoisotopic (exact) mass is 501 g/mol. The molecule has 4 aliphatic rings. The Labute approximate surface area is 216 Å². The number of anilines is 1. The lowest BCUT2D eigenvalue weighted by Gasteiger charge is -2.41. The molecule has 0 atom stereocenters. The molecule has 1 saturated carbocycles. The van der Waals surface area contributed by atoms with Crippen LogP contribution in [0.2, 0.25) is 0 Å². The number of amides is 1. The Morgan fingerprint density at radius 2 is 1.95 bits per heavy atom. The van der Waals surface area contributed by atoms with Crippen LogP contribution in [0.5, 0.6) is 0 Å². The first-order chi connectivity index (χ1) is 18.0. The lowest BCUT2D eigenvalue weighted by Crippen LogP contribution is -2.48. The number of hydrogen-bond acceptors (Lipinski definition) is 6. The molecule has 1 aromatic carbocycles. The second-order valence-corrected chi connectivity index (χ2v) is 10.6. The van der Waals surface area contributed by atoms with Crippen molar-refractivity contribution in [1.29, 1.82) is 0 Å². The molecule has 192 valence electrons. The number of likely N-dealkylation sites (tertiary alicyclic amines) is 1. The molecule has 1 amide bonds. The highest BCUT2D eigenvalue weighted by Gasteiger charge is 2.33. The molecule has 4 heterocycles. The van der Waals surface area contributed by atoms with E-state index in [0.717, 1.165) is 37.2 Å². The minimum Gasteiger partial charge on any atom is -0.306 e. The number of nitrogens with zero attached hydrogens (tertiary/aromatic N) is 6. The van der Waals surface area contributed by atoms with E-state index in [2.05, 4.69) is 34.2 Å². The van der Waals surface area contributed by atoms with Crippen LogP contribution in [0.3, 0.4) is 0 Å². The van der Waals surface area contributed by atoms with E-state index in [9.17, 15) is 4.79 Å². The lowest BCUT2D eigenvalue weighted by molar-refractivity contribution is -0.112. The maximum atomic E-state index is 15.5. The Bertz CT molecular complexity index is 1330. The summed E-state index contributed by atoms with van der Waals surface area (Å²) in [6.45, 7) is 6.56. The van der Waals surface area contributed by atoms with Crippen LogP contribution in [0.25, 0.3) is 5.69 Å². The second kappa shape index (κ2) is 9.70. The van der Waals surface area contributed by atoms with Crippen LogP contribution in [0.4, 0.5) is 10.2 Å². The zero-order valence-corrected chi connectivity index (χ0v) is 21.3. The van der Waals surface area contributed by atoms with Crippen molar-refractivity contribution >= 4 is 24.2 Å². The number of aliphatic imine (C=N–C) groups is 1. The van der Waals surface area contributed by atoms with Gasteiger partial charge in [-0.2, -0.15) is 10.2 Å². The largest absolute Gasteiger partial charge is 0.306 e. The average molecular weight is 502 g/mol. The van der Waals surface area contributed by atoms with E-state index in [1.807, 2.05) is 12.1 Å². The number of rotatable bonds is 6. The minimum absolute atomic E-state index is 0.240. The topological polar surface area (TPSA) is 78.1 Å². The maximum Gasteiger partial charge on any atom is 0.260 e. The Morgan fingerprint density at radius 3 is 2.70 bits per heavy atom. The first-order valence-electron chi connectivity index (χ1n) is 13.2. The van der Waals surface area contributed by atoms with Crippen LogP contribution >= 0.6 is 0 Å². The predicted octanol–water partition coefficient (Wildman–Crippen LogP) is 4.57. The summed E-state index contributed by atoms with van der Waals surface area (Å²) in [4.78, 5) is 20.1. The summed E-state index contributed by atoms with van der Waals surface area (Å²) in [6, 6.07) is 7.78. The van der Waals surface area contributed by atoms with Gasteiger partial charge in [-0.1, -0.05) is 18.9 Å². The van der Waals surface area contributed by atoms with Crippen molar-refractivity contribution in [2.45, 2.75) is 57.4 Å². The van der Waals surface area contributed by atoms with Gasteiger partial charge in [-0.15, -0.1) is 0 Å². The number of hydrogen-bond donors (Lipinski definition) is 1. The summed E-state index contributed by atoms with van der Waals surface area (Å²) < 4.78 is 17.0. The fraction of sp³-hybridized carbons (Fsp3) is 0.429. The smallest absolute Gasteiger partial charge is 0.260 e. The number of carbonyl (C=O) groups is 1. The first kappa shape index (κ1) is 23.8.